The summed E-state index contributed by atoms with van der Waals surface area (Å²) in [6.45, 7) is 0.649. The van der Waals surface area contributed by atoms with Gasteiger partial charge < -0.3 is 10.1 Å². The van der Waals surface area contributed by atoms with Crippen LogP contribution in [-0.2, 0) is 4.74 Å². The summed E-state index contributed by atoms with van der Waals surface area (Å²) in [7, 11) is 1.28. The third-order valence-electron chi connectivity index (χ3n) is 3.57. The first-order valence-electron chi connectivity index (χ1n) is 6.87. The number of carbonyl (C=O) groups is 1. The number of nitrogens with zero attached hydrogens (tertiary/aromatic N) is 1. The second-order valence-corrected chi connectivity index (χ2v) is 5.01. The summed E-state index contributed by atoms with van der Waals surface area (Å²) in [6.07, 6.45) is 7.36. The zero-order valence-electron chi connectivity index (χ0n) is 11.9. The quantitative estimate of drug-likeness (QED) is 0.390. The van der Waals surface area contributed by atoms with Gasteiger partial charge in [0.25, 0.3) is 5.69 Å². The summed E-state index contributed by atoms with van der Waals surface area (Å²) in [6, 6.07) is 4.20. The van der Waals surface area contributed by atoms with E-state index < -0.39 is 10.9 Å². The molecule has 1 atom stereocenters. The van der Waals surface area contributed by atoms with E-state index in [2.05, 4.69) is 22.2 Å². The van der Waals surface area contributed by atoms with Crippen molar-refractivity contribution in [1.29, 1.82) is 0 Å². The molecule has 2 rings (SSSR count). The van der Waals surface area contributed by atoms with E-state index >= 15 is 0 Å². The van der Waals surface area contributed by atoms with Gasteiger partial charge in [-0.1, -0.05) is 12.2 Å². The first-order valence-corrected chi connectivity index (χ1v) is 6.87. The normalized spacial score (nSPS) is 17.3. The molecular weight excluding hydrogens is 272 g/mol. The van der Waals surface area contributed by atoms with Crippen LogP contribution in [0.25, 0.3) is 0 Å². The molecule has 1 N–H and O–H groups in total. The molecule has 6 nitrogen and oxygen atoms in total. The molecule has 1 aromatic rings. The number of hydrogen-bond acceptors (Lipinski definition) is 5. The number of carbonyl (C=O) groups excluding carboxylic acids is 1. The molecule has 0 aliphatic heterocycles. The summed E-state index contributed by atoms with van der Waals surface area (Å²) < 4.78 is 4.64. The van der Waals surface area contributed by atoms with Gasteiger partial charge in [0.15, 0.2) is 0 Å². The number of benzene rings is 1. The number of nitrogens with one attached hydrogen (secondary N) is 1. The van der Waals surface area contributed by atoms with Crippen molar-refractivity contribution in [2.75, 3.05) is 19.0 Å². The van der Waals surface area contributed by atoms with E-state index in [1.54, 1.807) is 0 Å². The molecule has 0 bridgehead atoms. The van der Waals surface area contributed by atoms with Gasteiger partial charge >= 0.3 is 5.97 Å². The molecule has 0 fully saturated rings. The Bertz CT molecular complexity index is 569. The molecule has 0 radical (unpaired) electrons. The van der Waals surface area contributed by atoms with Crippen molar-refractivity contribution in [2.45, 2.75) is 19.3 Å². The SMILES string of the molecule is COC(=O)c1ccc([N+](=O)[O-])c(NCC2CC=CCC2)c1. The lowest BCUT2D eigenvalue weighted by molar-refractivity contribution is -0.384. The zero-order valence-corrected chi connectivity index (χ0v) is 11.9. The zero-order chi connectivity index (χ0) is 15.2. The Kier molecular flexibility index (Phi) is 4.92. The van der Waals surface area contributed by atoms with Crippen LogP contribution in [0.3, 0.4) is 0 Å². The van der Waals surface area contributed by atoms with Crippen molar-refractivity contribution in [1.82, 2.24) is 0 Å². The fourth-order valence-corrected chi connectivity index (χ4v) is 2.38. The minimum Gasteiger partial charge on any atom is -0.465 e. The van der Waals surface area contributed by atoms with E-state index in [1.807, 2.05) is 0 Å². The maximum Gasteiger partial charge on any atom is 0.337 e. The molecule has 0 spiro atoms. The Balaban J connectivity index is 2.15. The molecular formula is C15H18N2O4. The minimum atomic E-state index is -0.506. The molecule has 1 aromatic carbocycles. The molecule has 21 heavy (non-hydrogen) atoms. The fraction of sp³-hybridized carbons (Fsp3) is 0.400. The van der Waals surface area contributed by atoms with E-state index in [4.69, 9.17) is 0 Å². The van der Waals surface area contributed by atoms with Crippen LogP contribution in [0.5, 0.6) is 0 Å². The average Bonchev–Trinajstić information content (AvgIpc) is 2.52. The predicted octanol–water partition coefficient (Wildman–Crippen LogP) is 3.15. The van der Waals surface area contributed by atoms with Gasteiger partial charge in [-0.3, -0.25) is 10.1 Å². The van der Waals surface area contributed by atoms with Crippen LogP contribution in [0.15, 0.2) is 30.4 Å². The minimum absolute atomic E-state index is 0.0333. The van der Waals surface area contributed by atoms with E-state index in [9.17, 15) is 14.9 Å². The van der Waals surface area contributed by atoms with Crippen LogP contribution >= 0.6 is 0 Å². The van der Waals surface area contributed by atoms with Crippen molar-refractivity contribution in [2.24, 2.45) is 5.92 Å². The number of hydrogen-bond donors (Lipinski definition) is 1. The Morgan fingerprint density at radius 3 is 2.90 bits per heavy atom. The first-order chi connectivity index (χ1) is 10.1. The van der Waals surface area contributed by atoms with Gasteiger partial charge in [0, 0.05) is 12.6 Å². The van der Waals surface area contributed by atoms with E-state index in [0.717, 1.165) is 19.3 Å². The van der Waals surface area contributed by atoms with Crippen LogP contribution in [0, 0.1) is 16.0 Å². The molecule has 0 aromatic heterocycles. The Morgan fingerprint density at radius 2 is 2.29 bits per heavy atom. The van der Waals surface area contributed by atoms with Crippen molar-refractivity contribution in [3.05, 3.63) is 46.0 Å². The Morgan fingerprint density at radius 1 is 1.48 bits per heavy atom. The first kappa shape index (κ1) is 15.0. The van der Waals surface area contributed by atoms with Gasteiger partial charge in [-0.15, -0.1) is 0 Å². The monoisotopic (exact) mass is 290 g/mol. The lowest BCUT2D eigenvalue weighted by Crippen LogP contribution is -2.16. The summed E-state index contributed by atoms with van der Waals surface area (Å²) in [5.74, 6) is -0.0510. The van der Waals surface area contributed by atoms with E-state index in [0.29, 0.717) is 23.7 Å². The van der Waals surface area contributed by atoms with Gasteiger partial charge in [-0.05, 0) is 37.3 Å². The van der Waals surface area contributed by atoms with Gasteiger partial charge in [0.05, 0.1) is 17.6 Å². The molecule has 0 saturated carbocycles. The molecule has 0 amide bonds. The lowest BCUT2D eigenvalue weighted by atomic mass is 9.94. The topological polar surface area (TPSA) is 81.5 Å². The number of esters is 1. The summed E-state index contributed by atoms with van der Waals surface area (Å²) in [5.41, 5.74) is 0.626. The summed E-state index contributed by atoms with van der Waals surface area (Å²) in [5, 5.41) is 14.2. The number of nitro groups is 1. The van der Waals surface area contributed by atoms with Gasteiger partial charge in [-0.25, -0.2) is 4.79 Å². The predicted molar refractivity (Wildman–Crippen MR) is 79.4 cm³/mol. The van der Waals surface area contributed by atoms with Crippen LogP contribution in [0.2, 0.25) is 0 Å². The molecule has 6 heteroatoms. The molecule has 112 valence electrons. The molecule has 1 unspecified atom stereocenters. The van der Waals surface area contributed by atoms with Gasteiger partial charge in [0.2, 0.25) is 0 Å². The highest BCUT2D eigenvalue weighted by molar-refractivity contribution is 5.91. The van der Waals surface area contributed by atoms with Crippen LogP contribution in [-0.4, -0.2) is 24.5 Å². The maximum atomic E-state index is 11.5. The van der Waals surface area contributed by atoms with E-state index in [1.165, 1.54) is 25.3 Å². The van der Waals surface area contributed by atoms with Gasteiger partial charge in [0.1, 0.15) is 5.69 Å². The number of nitro benzene ring substituents is 1. The maximum absolute atomic E-state index is 11.5. The van der Waals surface area contributed by atoms with Crippen LogP contribution in [0.1, 0.15) is 29.6 Å². The fourth-order valence-electron chi connectivity index (χ4n) is 2.38. The highest BCUT2D eigenvalue weighted by atomic mass is 16.6. The summed E-state index contributed by atoms with van der Waals surface area (Å²) in [4.78, 5) is 22.1. The van der Waals surface area contributed by atoms with Crippen molar-refractivity contribution >= 4 is 17.3 Å². The number of ether oxygens (including phenoxy) is 1. The standard InChI is InChI=1S/C15H18N2O4/c1-21-15(18)12-7-8-14(17(19)20)13(9-12)16-10-11-5-3-2-4-6-11/h2-3,7-9,11,16H,4-6,10H2,1H3. The van der Waals surface area contributed by atoms with Crippen molar-refractivity contribution in [3.63, 3.8) is 0 Å². The smallest absolute Gasteiger partial charge is 0.337 e. The summed E-state index contributed by atoms with van der Waals surface area (Å²) >= 11 is 0. The third-order valence-corrected chi connectivity index (χ3v) is 3.57. The highest BCUT2D eigenvalue weighted by Crippen LogP contribution is 2.27. The number of rotatable bonds is 5. The van der Waals surface area contributed by atoms with E-state index in [-0.39, 0.29) is 5.69 Å². The number of methoxy groups -OCH3 is 1. The lowest BCUT2D eigenvalue weighted by Gasteiger charge is -2.19. The molecule has 1 aliphatic rings. The van der Waals surface area contributed by atoms with Crippen molar-refractivity contribution < 1.29 is 14.5 Å². The highest BCUT2D eigenvalue weighted by Gasteiger charge is 2.18. The van der Waals surface area contributed by atoms with Crippen LogP contribution < -0.4 is 5.32 Å². The second kappa shape index (κ2) is 6.88. The largest absolute Gasteiger partial charge is 0.465 e. The number of anilines is 1. The third kappa shape index (κ3) is 3.81. The molecule has 0 heterocycles. The van der Waals surface area contributed by atoms with Gasteiger partial charge in [-0.2, -0.15) is 0 Å². The number of allylic oxidation sites excluding steroid dienone is 2. The second-order valence-electron chi connectivity index (χ2n) is 5.01. The molecule has 1 aliphatic carbocycles. The Hall–Kier alpha value is -2.37. The molecule has 0 saturated heterocycles. The van der Waals surface area contributed by atoms with Crippen LogP contribution in [0.4, 0.5) is 11.4 Å². The average molecular weight is 290 g/mol. The van der Waals surface area contributed by atoms with Crippen molar-refractivity contribution in [3.8, 4) is 0 Å². The Labute approximate surface area is 122 Å².